The lowest BCUT2D eigenvalue weighted by Gasteiger charge is -2.20. The van der Waals surface area contributed by atoms with Crippen molar-refractivity contribution >= 4 is 29.1 Å². The highest BCUT2D eigenvalue weighted by molar-refractivity contribution is 8.01. The third kappa shape index (κ3) is 4.01. The van der Waals surface area contributed by atoms with Crippen LogP contribution in [0.5, 0.6) is 0 Å². The molecule has 4 nitrogen and oxygen atoms in total. The standard InChI is InChI=1S/C16H19N3OS2/c1-19(11-14-17-9-10-21-14)15(20)18-12-16(7-8-16)22-13-5-3-2-4-6-13/h2-6,9-10H,7-8,11-12H2,1H3,(H,18,20). The highest BCUT2D eigenvalue weighted by Gasteiger charge is 2.44. The summed E-state index contributed by atoms with van der Waals surface area (Å²) in [5, 5.41) is 5.94. The zero-order valence-corrected chi connectivity index (χ0v) is 14.1. The van der Waals surface area contributed by atoms with Crippen molar-refractivity contribution in [2.45, 2.75) is 29.0 Å². The first kappa shape index (κ1) is 15.4. The highest BCUT2D eigenvalue weighted by atomic mass is 32.2. The Kier molecular flexibility index (Phi) is 4.69. The number of nitrogens with zero attached hydrogens (tertiary/aromatic N) is 2. The van der Waals surface area contributed by atoms with Crippen LogP contribution in [0, 0.1) is 0 Å². The van der Waals surface area contributed by atoms with Crippen LogP contribution in [0.2, 0.25) is 0 Å². The molecule has 0 atom stereocenters. The van der Waals surface area contributed by atoms with Crippen molar-refractivity contribution in [1.29, 1.82) is 0 Å². The molecule has 3 rings (SSSR count). The van der Waals surface area contributed by atoms with Crippen LogP contribution in [0.25, 0.3) is 0 Å². The van der Waals surface area contributed by atoms with E-state index in [1.54, 1.807) is 29.5 Å². The van der Waals surface area contributed by atoms with Crippen molar-refractivity contribution in [3.8, 4) is 0 Å². The van der Waals surface area contributed by atoms with E-state index in [2.05, 4.69) is 34.6 Å². The van der Waals surface area contributed by atoms with Crippen molar-refractivity contribution in [3.05, 3.63) is 46.9 Å². The van der Waals surface area contributed by atoms with Gasteiger partial charge in [0.25, 0.3) is 0 Å². The van der Waals surface area contributed by atoms with E-state index in [1.165, 1.54) is 4.90 Å². The van der Waals surface area contributed by atoms with Gasteiger partial charge in [0.15, 0.2) is 0 Å². The number of benzene rings is 1. The predicted molar refractivity (Wildman–Crippen MR) is 91.2 cm³/mol. The molecule has 2 amide bonds. The maximum Gasteiger partial charge on any atom is 0.317 e. The van der Waals surface area contributed by atoms with Gasteiger partial charge in [-0.2, -0.15) is 0 Å². The average molecular weight is 333 g/mol. The minimum atomic E-state index is -0.0323. The molecule has 1 N–H and O–H groups in total. The fourth-order valence-corrected chi connectivity index (χ4v) is 4.08. The molecule has 0 aliphatic heterocycles. The number of aromatic nitrogens is 1. The second-order valence-electron chi connectivity index (χ2n) is 5.54. The number of thioether (sulfide) groups is 1. The van der Waals surface area contributed by atoms with Gasteiger partial charge in [-0.25, -0.2) is 9.78 Å². The molecule has 1 heterocycles. The molecular formula is C16H19N3OS2. The van der Waals surface area contributed by atoms with Crippen LogP contribution in [-0.4, -0.2) is 34.3 Å². The first-order valence-electron chi connectivity index (χ1n) is 7.28. The Balaban J connectivity index is 1.48. The van der Waals surface area contributed by atoms with Crippen LogP contribution >= 0.6 is 23.1 Å². The first-order valence-corrected chi connectivity index (χ1v) is 8.98. The zero-order valence-electron chi connectivity index (χ0n) is 12.5. The van der Waals surface area contributed by atoms with Gasteiger partial charge in [-0.3, -0.25) is 0 Å². The molecule has 1 aromatic carbocycles. The van der Waals surface area contributed by atoms with Crippen LogP contribution in [-0.2, 0) is 6.54 Å². The van der Waals surface area contributed by atoms with E-state index in [9.17, 15) is 4.79 Å². The molecule has 1 aliphatic carbocycles. The number of hydrogen-bond donors (Lipinski definition) is 1. The van der Waals surface area contributed by atoms with Gasteiger partial charge in [-0.15, -0.1) is 23.1 Å². The monoisotopic (exact) mass is 333 g/mol. The molecule has 1 aromatic heterocycles. The van der Waals surface area contributed by atoms with Crippen LogP contribution in [0.15, 0.2) is 46.8 Å². The van der Waals surface area contributed by atoms with E-state index in [-0.39, 0.29) is 10.8 Å². The predicted octanol–water partition coefficient (Wildman–Crippen LogP) is 3.61. The summed E-state index contributed by atoms with van der Waals surface area (Å²) in [5.74, 6) is 0. The van der Waals surface area contributed by atoms with Crippen LogP contribution in [0.3, 0.4) is 0 Å². The smallest absolute Gasteiger partial charge is 0.317 e. The van der Waals surface area contributed by atoms with Gasteiger partial charge in [-0.1, -0.05) is 18.2 Å². The van der Waals surface area contributed by atoms with Crippen molar-refractivity contribution in [1.82, 2.24) is 15.2 Å². The molecular weight excluding hydrogens is 314 g/mol. The molecule has 0 unspecified atom stereocenters. The van der Waals surface area contributed by atoms with Crippen molar-refractivity contribution in [3.63, 3.8) is 0 Å². The maximum atomic E-state index is 12.2. The Morgan fingerprint density at radius 3 is 2.82 bits per heavy atom. The number of carbonyl (C=O) groups is 1. The number of thiazole rings is 1. The SMILES string of the molecule is CN(Cc1nccs1)C(=O)NCC1(Sc2ccccc2)CC1. The molecule has 116 valence electrons. The lowest BCUT2D eigenvalue weighted by Crippen LogP contribution is -2.40. The molecule has 1 fully saturated rings. The molecule has 22 heavy (non-hydrogen) atoms. The maximum absolute atomic E-state index is 12.2. The van der Waals surface area contributed by atoms with Gasteiger partial charge in [0.2, 0.25) is 0 Å². The Labute approximate surface area is 138 Å². The third-order valence-electron chi connectivity index (χ3n) is 3.65. The van der Waals surface area contributed by atoms with Gasteiger partial charge in [-0.05, 0) is 25.0 Å². The summed E-state index contributed by atoms with van der Waals surface area (Å²) >= 11 is 3.44. The Morgan fingerprint density at radius 1 is 1.41 bits per heavy atom. The number of urea groups is 1. The summed E-state index contributed by atoms with van der Waals surface area (Å²) in [5.41, 5.74) is 0. The van der Waals surface area contributed by atoms with E-state index in [1.807, 2.05) is 23.2 Å². The summed E-state index contributed by atoms with van der Waals surface area (Å²) in [4.78, 5) is 19.3. The summed E-state index contributed by atoms with van der Waals surface area (Å²) in [7, 11) is 1.81. The summed E-state index contributed by atoms with van der Waals surface area (Å²) in [6.07, 6.45) is 4.08. The molecule has 0 bridgehead atoms. The fraction of sp³-hybridized carbons (Fsp3) is 0.375. The van der Waals surface area contributed by atoms with E-state index in [0.29, 0.717) is 13.1 Å². The van der Waals surface area contributed by atoms with Crippen molar-refractivity contribution in [2.75, 3.05) is 13.6 Å². The Hall–Kier alpha value is -1.53. The highest BCUT2D eigenvalue weighted by Crippen LogP contribution is 2.51. The number of nitrogens with one attached hydrogen (secondary N) is 1. The normalized spacial score (nSPS) is 15.3. The van der Waals surface area contributed by atoms with Gasteiger partial charge in [0, 0.05) is 34.8 Å². The lowest BCUT2D eigenvalue weighted by molar-refractivity contribution is 0.206. The molecule has 1 aliphatic rings. The van der Waals surface area contributed by atoms with Crippen molar-refractivity contribution in [2.24, 2.45) is 0 Å². The first-order chi connectivity index (χ1) is 10.7. The summed E-state index contributed by atoms with van der Waals surface area (Å²) in [6, 6.07) is 10.4. The second kappa shape index (κ2) is 6.71. The van der Waals surface area contributed by atoms with Gasteiger partial charge in [0.05, 0.1) is 6.54 Å². The topological polar surface area (TPSA) is 45.2 Å². The minimum Gasteiger partial charge on any atom is -0.337 e. The van der Waals surface area contributed by atoms with E-state index in [0.717, 1.165) is 17.8 Å². The number of rotatable bonds is 6. The van der Waals surface area contributed by atoms with E-state index >= 15 is 0 Å². The second-order valence-corrected chi connectivity index (χ2v) is 8.06. The lowest BCUT2D eigenvalue weighted by atomic mass is 10.4. The summed E-state index contributed by atoms with van der Waals surface area (Å²) < 4.78 is 0.180. The molecule has 0 spiro atoms. The Bertz CT molecular complexity index is 612. The van der Waals surface area contributed by atoms with Gasteiger partial charge in [0.1, 0.15) is 5.01 Å². The van der Waals surface area contributed by atoms with Crippen LogP contribution < -0.4 is 5.32 Å². The van der Waals surface area contributed by atoms with E-state index in [4.69, 9.17) is 0 Å². The number of carbonyl (C=O) groups excluding carboxylic acids is 1. The fourth-order valence-electron chi connectivity index (χ4n) is 2.17. The van der Waals surface area contributed by atoms with Gasteiger partial charge >= 0.3 is 6.03 Å². The summed E-state index contributed by atoms with van der Waals surface area (Å²) in [6.45, 7) is 1.27. The molecule has 6 heteroatoms. The van der Waals surface area contributed by atoms with Crippen molar-refractivity contribution < 1.29 is 4.79 Å². The molecule has 1 saturated carbocycles. The number of amides is 2. The third-order valence-corrected chi connectivity index (χ3v) is 5.91. The number of hydrogen-bond acceptors (Lipinski definition) is 4. The van der Waals surface area contributed by atoms with E-state index < -0.39 is 0 Å². The average Bonchev–Trinajstić information content (AvgIpc) is 3.09. The molecule has 0 saturated heterocycles. The Morgan fingerprint density at radius 2 is 2.18 bits per heavy atom. The molecule has 2 aromatic rings. The quantitative estimate of drug-likeness (QED) is 0.878. The van der Waals surface area contributed by atoms with Crippen LogP contribution in [0.4, 0.5) is 4.79 Å². The van der Waals surface area contributed by atoms with Gasteiger partial charge < -0.3 is 10.2 Å². The minimum absolute atomic E-state index is 0.0323. The molecule has 0 radical (unpaired) electrons. The zero-order chi connectivity index (χ0) is 15.4. The van der Waals surface area contributed by atoms with Crippen LogP contribution in [0.1, 0.15) is 17.8 Å². The largest absolute Gasteiger partial charge is 0.337 e.